The first-order valence-corrected chi connectivity index (χ1v) is 10.8. The van der Waals surface area contributed by atoms with Gasteiger partial charge in [-0.05, 0) is 50.1 Å². The number of benzene rings is 1. The number of thioether (sulfide) groups is 1. The molecular formula is C19H22N4O3S2. The number of amides is 1. The van der Waals surface area contributed by atoms with E-state index in [0.717, 1.165) is 21.1 Å². The zero-order valence-electron chi connectivity index (χ0n) is 16.4. The third kappa shape index (κ3) is 4.70. The Hall–Kier alpha value is -2.41. The van der Waals surface area contributed by atoms with Gasteiger partial charge in [0.25, 0.3) is 0 Å². The summed E-state index contributed by atoms with van der Waals surface area (Å²) in [5, 5.41) is 12.6. The number of carbonyl (C=O) groups is 1. The summed E-state index contributed by atoms with van der Waals surface area (Å²) in [7, 11) is -0.688. The van der Waals surface area contributed by atoms with Crippen molar-refractivity contribution in [2.45, 2.75) is 30.7 Å². The standard InChI is InChI=1S/C19H22N4O3S2/c1-12-13(2)17(10-20)19(21-14(12)3)27-11-18(24)22-15-7-6-8-16(9-15)28(25,26)23(4)5/h6-9H,11H2,1-5H3,(H,22,24). The molecule has 0 aliphatic carbocycles. The number of aryl methyl sites for hydroxylation is 1. The maximum Gasteiger partial charge on any atom is 0.242 e. The molecule has 0 spiro atoms. The van der Waals surface area contributed by atoms with Gasteiger partial charge in [-0.25, -0.2) is 17.7 Å². The van der Waals surface area contributed by atoms with Gasteiger partial charge in [0, 0.05) is 25.5 Å². The Morgan fingerprint density at radius 3 is 2.54 bits per heavy atom. The van der Waals surface area contributed by atoms with Gasteiger partial charge in [-0.2, -0.15) is 5.26 Å². The highest BCUT2D eigenvalue weighted by Gasteiger charge is 2.18. The SMILES string of the molecule is Cc1nc(SCC(=O)Nc2cccc(S(=O)(=O)N(C)C)c2)c(C#N)c(C)c1C. The second-order valence-corrected chi connectivity index (χ2v) is 9.51. The van der Waals surface area contributed by atoms with Crippen LogP contribution in [-0.4, -0.2) is 43.5 Å². The van der Waals surface area contributed by atoms with Crippen molar-refractivity contribution in [3.05, 3.63) is 46.6 Å². The molecule has 148 valence electrons. The molecule has 0 aliphatic rings. The van der Waals surface area contributed by atoms with Crippen LogP contribution in [0, 0.1) is 32.1 Å². The molecule has 1 amide bonds. The van der Waals surface area contributed by atoms with Crippen molar-refractivity contribution in [2.24, 2.45) is 0 Å². The minimum absolute atomic E-state index is 0.0499. The monoisotopic (exact) mass is 418 g/mol. The average molecular weight is 419 g/mol. The zero-order valence-corrected chi connectivity index (χ0v) is 18.0. The third-order valence-corrected chi connectivity index (χ3v) is 7.10. The lowest BCUT2D eigenvalue weighted by molar-refractivity contribution is -0.113. The number of carbonyl (C=O) groups excluding carboxylic acids is 1. The highest BCUT2D eigenvalue weighted by atomic mass is 32.2. The number of pyridine rings is 1. The summed E-state index contributed by atoms with van der Waals surface area (Å²) in [6.45, 7) is 5.64. The summed E-state index contributed by atoms with van der Waals surface area (Å²) in [4.78, 5) is 16.8. The minimum Gasteiger partial charge on any atom is -0.325 e. The molecule has 28 heavy (non-hydrogen) atoms. The maximum absolute atomic E-state index is 12.3. The third-order valence-electron chi connectivity index (χ3n) is 4.31. The Balaban J connectivity index is 2.14. The lowest BCUT2D eigenvalue weighted by Crippen LogP contribution is -2.22. The molecule has 0 atom stereocenters. The summed E-state index contributed by atoms with van der Waals surface area (Å²) in [5.74, 6) is -0.264. The average Bonchev–Trinajstić information content (AvgIpc) is 2.64. The van der Waals surface area contributed by atoms with Crippen LogP contribution in [0.2, 0.25) is 0 Å². The summed E-state index contributed by atoms with van der Waals surface area (Å²) in [6, 6.07) is 8.23. The molecule has 0 fully saturated rings. The molecule has 0 radical (unpaired) electrons. The number of nitrogens with zero attached hydrogens (tertiary/aromatic N) is 3. The van der Waals surface area contributed by atoms with Crippen molar-refractivity contribution in [2.75, 3.05) is 25.2 Å². The molecule has 1 heterocycles. The van der Waals surface area contributed by atoms with Crippen molar-refractivity contribution in [3.63, 3.8) is 0 Å². The van der Waals surface area contributed by atoms with Crippen molar-refractivity contribution in [3.8, 4) is 6.07 Å². The number of aromatic nitrogens is 1. The molecule has 0 saturated carbocycles. The first-order chi connectivity index (χ1) is 13.1. The molecule has 2 rings (SSSR count). The normalized spacial score (nSPS) is 11.3. The largest absolute Gasteiger partial charge is 0.325 e. The van der Waals surface area contributed by atoms with E-state index in [-0.39, 0.29) is 16.6 Å². The number of anilines is 1. The van der Waals surface area contributed by atoms with E-state index in [1.54, 1.807) is 12.1 Å². The lowest BCUT2D eigenvalue weighted by Gasteiger charge is -2.13. The van der Waals surface area contributed by atoms with Crippen LogP contribution in [0.3, 0.4) is 0 Å². The summed E-state index contributed by atoms with van der Waals surface area (Å²) < 4.78 is 25.5. The zero-order chi connectivity index (χ0) is 21.1. The predicted molar refractivity (Wildman–Crippen MR) is 110 cm³/mol. The quantitative estimate of drug-likeness (QED) is 0.724. The van der Waals surface area contributed by atoms with Gasteiger partial charge in [-0.3, -0.25) is 4.79 Å². The van der Waals surface area contributed by atoms with Crippen LogP contribution in [0.4, 0.5) is 5.69 Å². The van der Waals surface area contributed by atoms with Crippen LogP contribution >= 0.6 is 11.8 Å². The Morgan fingerprint density at radius 1 is 1.25 bits per heavy atom. The van der Waals surface area contributed by atoms with Crippen LogP contribution in [0.1, 0.15) is 22.4 Å². The van der Waals surface area contributed by atoms with Gasteiger partial charge in [0.15, 0.2) is 0 Å². The van der Waals surface area contributed by atoms with E-state index < -0.39 is 10.0 Å². The van der Waals surface area contributed by atoms with Crippen molar-refractivity contribution < 1.29 is 13.2 Å². The van der Waals surface area contributed by atoms with E-state index in [2.05, 4.69) is 16.4 Å². The topological polar surface area (TPSA) is 103 Å². The molecule has 1 aromatic carbocycles. The van der Waals surface area contributed by atoms with Crippen molar-refractivity contribution >= 4 is 33.4 Å². The Kier molecular flexibility index (Phi) is 6.82. The Morgan fingerprint density at radius 2 is 1.93 bits per heavy atom. The number of nitrogens with one attached hydrogen (secondary N) is 1. The van der Waals surface area contributed by atoms with Gasteiger partial charge in [0.1, 0.15) is 11.1 Å². The number of nitriles is 1. The molecule has 0 aliphatic heterocycles. The van der Waals surface area contributed by atoms with E-state index >= 15 is 0 Å². The molecule has 0 bridgehead atoms. The van der Waals surface area contributed by atoms with E-state index in [1.165, 1.54) is 38.0 Å². The fourth-order valence-corrected chi connectivity index (χ4v) is 4.26. The van der Waals surface area contributed by atoms with E-state index in [1.807, 2.05) is 20.8 Å². The van der Waals surface area contributed by atoms with Crippen LogP contribution in [0.25, 0.3) is 0 Å². The minimum atomic E-state index is -3.58. The van der Waals surface area contributed by atoms with E-state index in [4.69, 9.17) is 0 Å². The summed E-state index contributed by atoms with van der Waals surface area (Å²) in [6.07, 6.45) is 0. The molecule has 0 saturated heterocycles. The Labute approximate surface area is 169 Å². The molecule has 1 N–H and O–H groups in total. The van der Waals surface area contributed by atoms with Crippen LogP contribution in [0.5, 0.6) is 0 Å². The van der Waals surface area contributed by atoms with Gasteiger partial charge < -0.3 is 5.32 Å². The molecule has 7 nitrogen and oxygen atoms in total. The smallest absolute Gasteiger partial charge is 0.242 e. The van der Waals surface area contributed by atoms with Gasteiger partial charge in [0.05, 0.1) is 16.2 Å². The molecule has 1 aromatic heterocycles. The predicted octanol–water partition coefficient (Wildman–Crippen LogP) is 2.86. The summed E-state index contributed by atoms with van der Waals surface area (Å²) >= 11 is 1.18. The van der Waals surface area contributed by atoms with Crippen molar-refractivity contribution in [1.82, 2.24) is 9.29 Å². The van der Waals surface area contributed by atoms with Gasteiger partial charge >= 0.3 is 0 Å². The van der Waals surface area contributed by atoms with Crippen LogP contribution in [-0.2, 0) is 14.8 Å². The number of hydrogen-bond donors (Lipinski definition) is 1. The highest BCUT2D eigenvalue weighted by molar-refractivity contribution is 8.00. The highest BCUT2D eigenvalue weighted by Crippen LogP contribution is 2.26. The van der Waals surface area contributed by atoms with Gasteiger partial charge in [-0.15, -0.1) is 0 Å². The lowest BCUT2D eigenvalue weighted by atomic mass is 10.1. The number of sulfonamides is 1. The fourth-order valence-electron chi connectivity index (χ4n) is 2.42. The first-order valence-electron chi connectivity index (χ1n) is 8.41. The first kappa shape index (κ1) is 21.9. The molecule has 0 unspecified atom stereocenters. The van der Waals surface area contributed by atoms with Crippen LogP contribution in [0.15, 0.2) is 34.2 Å². The second-order valence-electron chi connectivity index (χ2n) is 6.39. The van der Waals surface area contributed by atoms with E-state index in [9.17, 15) is 18.5 Å². The van der Waals surface area contributed by atoms with Crippen LogP contribution < -0.4 is 5.32 Å². The summed E-state index contributed by atoms with van der Waals surface area (Å²) in [5.41, 5.74) is 3.50. The van der Waals surface area contributed by atoms with E-state index in [0.29, 0.717) is 16.3 Å². The number of rotatable bonds is 6. The van der Waals surface area contributed by atoms with Crippen molar-refractivity contribution in [1.29, 1.82) is 5.26 Å². The van der Waals surface area contributed by atoms with Gasteiger partial charge in [-0.1, -0.05) is 17.8 Å². The molecule has 9 heteroatoms. The Bertz CT molecular complexity index is 1060. The maximum atomic E-state index is 12.3. The molecule has 2 aromatic rings. The fraction of sp³-hybridized carbons (Fsp3) is 0.316. The molecular weight excluding hydrogens is 396 g/mol. The van der Waals surface area contributed by atoms with Gasteiger partial charge in [0.2, 0.25) is 15.9 Å². The second kappa shape index (κ2) is 8.73. The number of hydrogen-bond acceptors (Lipinski definition) is 6.